The highest BCUT2D eigenvalue weighted by Gasteiger charge is 2.27. The molecule has 1 saturated carbocycles. The van der Waals surface area contributed by atoms with E-state index in [1.165, 1.54) is 0 Å². The number of nitrogens with one attached hydrogen (secondary N) is 2. The van der Waals surface area contributed by atoms with Crippen molar-refractivity contribution < 1.29 is 31.3 Å². The van der Waals surface area contributed by atoms with Gasteiger partial charge in [0, 0.05) is 24.3 Å². The quantitative estimate of drug-likeness (QED) is 0.207. The summed E-state index contributed by atoms with van der Waals surface area (Å²) in [6, 6.07) is 17.7. The second-order valence-corrected chi connectivity index (χ2v) is 13.9. The Labute approximate surface area is 279 Å². The Balaban J connectivity index is 1.04. The molecule has 0 atom stereocenters. The van der Waals surface area contributed by atoms with Gasteiger partial charge in [0.05, 0.1) is 19.1 Å². The van der Waals surface area contributed by atoms with Crippen LogP contribution >= 0.6 is 0 Å². The second-order valence-electron chi connectivity index (χ2n) is 12.3. The summed E-state index contributed by atoms with van der Waals surface area (Å²) in [7, 11) is -3.49. The highest BCUT2D eigenvalue weighted by atomic mass is 32.2. The number of aryl methyl sites for hydroxylation is 2. The third-order valence-corrected chi connectivity index (χ3v) is 9.23. The van der Waals surface area contributed by atoms with Gasteiger partial charge in [-0.25, -0.2) is 9.37 Å². The van der Waals surface area contributed by atoms with Crippen molar-refractivity contribution >= 4 is 21.9 Å². The fourth-order valence-corrected chi connectivity index (χ4v) is 6.52. The van der Waals surface area contributed by atoms with Crippen molar-refractivity contribution in [2.24, 2.45) is 0 Å². The molecule has 2 aromatic carbocycles. The summed E-state index contributed by atoms with van der Waals surface area (Å²) >= 11 is 0. The molecule has 1 aliphatic heterocycles. The third-order valence-electron chi connectivity index (χ3n) is 8.63. The van der Waals surface area contributed by atoms with Gasteiger partial charge in [-0.1, -0.05) is 36.4 Å². The predicted molar refractivity (Wildman–Crippen MR) is 177 cm³/mol. The largest absolute Gasteiger partial charge is 0.438 e. The van der Waals surface area contributed by atoms with E-state index in [1.54, 1.807) is 18.2 Å². The number of fused-ring (bicyclic) bond motifs is 1. The van der Waals surface area contributed by atoms with Crippen LogP contribution in [0.25, 0.3) is 11.1 Å². The van der Waals surface area contributed by atoms with Crippen LogP contribution in [0.2, 0.25) is 0 Å². The molecule has 0 unspecified atom stereocenters. The molecule has 0 radical (unpaired) electrons. The van der Waals surface area contributed by atoms with E-state index in [4.69, 9.17) is 8.92 Å². The number of halogens is 1. The van der Waals surface area contributed by atoms with Crippen molar-refractivity contribution in [1.29, 1.82) is 0 Å². The summed E-state index contributed by atoms with van der Waals surface area (Å²) in [5, 5.41) is 10.6. The smallest absolute Gasteiger partial charge is 0.272 e. The minimum atomic E-state index is -3.49. The molecule has 4 aromatic rings. The van der Waals surface area contributed by atoms with Crippen molar-refractivity contribution in [2.75, 3.05) is 12.9 Å². The number of nitrogens with zero attached hydrogens (tertiary/aromatic N) is 3. The van der Waals surface area contributed by atoms with E-state index in [0.29, 0.717) is 43.5 Å². The fourth-order valence-electron chi connectivity index (χ4n) is 6.13. The van der Waals surface area contributed by atoms with Crippen LogP contribution in [0, 0.1) is 5.82 Å². The zero-order valence-electron chi connectivity index (χ0n) is 26.7. The number of hydrogen-bond acceptors (Lipinski definition) is 8. The van der Waals surface area contributed by atoms with E-state index in [1.807, 2.05) is 41.1 Å². The number of benzene rings is 2. The van der Waals surface area contributed by atoms with Crippen molar-refractivity contribution in [3.05, 3.63) is 95.2 Å². The van der Waals surface area contributed by atoms with Gasteiger partial charge in [-0.2, -0.15) is 13.5 Å². The van der Waals surface area contributed by atoms with Crippen molar-refractivity contribution in [1.82, 2.24) is 25.4 Å². The van der Waals surface area contributed by atoms with Gasteiger partial charge in [-0.3, -0.25) is 18.5 Å². The average Bonchev–Trinajstić information content (AvgIpc) is 3.51. The average molecular weight is 676 g/mol. The van der Waals surface area contributed by atoms with Gasteiger partial charge in [-0.15, -0.1) is 0 Å². The normalized spacial score (nSPS) is 17.7. The first-order valence-electron chi connectivity index (χ1n) is 16.2. The minimum absolute atomic E-state index is 0.0137. The lowest BCUT2D eigenvalue weighted by molar-refractivity contribution is 0.0887. The van der Waals surface area contributed by atoms with Gasteiger partial charge in [0.1, 0.15) is 22.8 Å². The van der Waals surface area contributed by atoms with E-state index in [9.17, 15) is 22.4 Å². The van der Waals surface area contributed by atoms with E-state index >= 15 is 0 Å². The number of pyridine rings is 1. The lowest BCUT2D eigenvalue weighted by Gasteiger charge is -2.29. The van der Waals surface area contributed by atoms with E-state index in [-0.39, 0.29) is 36.0 Å². The number of ether oxygens (including phenoxy) is 1. The van der Waals surface area contributed by atoms with Crippen LogP contribution in [0.4, 0.5) is 4.39 Å². The third kappa shape index (κ3) is 8.64. The fraction of sp³-hybridized carbons (Fsp3) is 0.371. The van der Waals surface area contributed by atoms with Crippen LogP contribution in [0.15, 0.2) is 66.9 Å². The van der Waals surface area contributed by atoms with Crippen molar-refractivity contribution in [2.45, 2.75) is 70.0 Å². The molecule has 252 valence electrons. The number of amides is 2. The Morgan fingerprint density at radius 1 is 0.938 bits per heavy atom. The summed E-state index contributed by atoms with van der Waals surface area (Å²) in [5.41, 5.74) is 4.20. The zero-order valence-corrected chi connectivity index (χ0v) is 27.5. The van der Waals surface area contributed by atoms with Gasteiger partial charge in [-0.05, 0) is 92.3 Å². The number of carbonyl (C=O) groups is 2. The Bertz CT molecular complexity index is 1860. The lowest BCUT2D eigenvalue weighted by atomic mass is 9.91. The summed E-state index contributed by atoms with van der Waals surface area (Å²) in [4.78, 5) is 30.3. The van der Waals surface area contributed by atoms with Gasteiger partial charge in [0.2, 0.25) is 5.88 Å². The standard InChI is InChI=1S/C35H38FN5O6S/c1-48(44,45)46-18-16-23-8-10-24(11-9-23)25-5-4-7-30(19-25)47-35-31(20-26(36)22-37-35)33(42)38-27-12-14-28(15-13-27)39-34(43)32-21-29-6-2-3-17-41(29)40-32/h4-5,7-11,19-22,27-28H,2-3,6,12-18H2,1H3,(H,38,42)(H,39,43)/t27-,28-. The van der Waals surface area contributed by atoms with Crippen molar-refractivity contribution in [3.63, 3.8) is 0 Å². The molecule has 2 N–H and O–H groups in total. The monoisotopic (exact) mass is 675 g/mol. The second kappa shape index (κ2) is 14.7. The first kappa shape index (κ1) is 33.3. The first-order chi connectivity index (χ1) is 23.1. The number of rotatable bonds is 11. The topological polar surface area (TPSA) is 142 Å². The SMILES string of the molecule is CS(=O)(=O)OCCc1ccc(-c2cccc(Oc3ncc(F)cc3C(=O)N[C@H]3CC[C@H](NC(=O)c4cc5n(n4)CCCC5)CC3)c2)cc1. The highest BCUT2D eigenvalue weighted by molar-refractivity contribution is 7.85. The molecule has 0 spiro atoms. The number of hydrogen-bond donors (Lipinski definition) is 2. The van der Waals surface area contributed by atoms with E-state index in [0.717, 1.165) is 66.7 Å². The molecule has 6 rings (SSSR count). The molecule has 11 nitrogen and oxygen atoms in total. The Morgan fingerprint density at radius 2 is 1.67 bits per heavy atom. The predicted octanol–water partition coefficient (Wildman–Crippen LogP) is 5.20. The maximum Gasteiger partial charge on any atom is 0.272 e. The molecule has 2 aromatic heterocycles. The summed E-state index contributed by atoms with van der Waals surface area (Å²) < 4.78 is 49.4. The maximum absolute atomic E-state index is 14.3. The Morgan fingerprint density at radius 3 is 2.38 bits per heavy atom. The van der Waals surface area contributed by atoms with E-state index in [2.05, 4.69) is 20.7 Å². The van der Waals surface area contributed by atoms with Gasteiger partial charge < -0.3 is 15.4 Å². The molecular formula is C35H38FN5O6S. The zero-order chi connectivity index (χ0) is 33.7. The minimum Gasteiger partial charge on any atom is -0.438 e. The van der Waals surface area contributed by atoms with Crippen LogP contribution in [0.3, 0.4) is 0 Å². The van der Waals surface area contributed by atoms with Crippen LogP contribution in [0.5, 0.6) is 11.6 Å². The summed E-state index contributed by atoms with van der Waals surface area (Å²) in [6.07, 6.45) is 8.29. The number of aromatic nitrogens is 3. The van der Waals surface area contributed by atoms with Crippen LogP contribution < -0.4 is 15.4 Å². The molecule has 2 aliphatic rings. The molecular weight excluding hydrogens is 637 g/mol. The molecule has 0 saturated heterocycles. The molecule has 48 heavy (non-hydrogen) atoms. The van der Waals surface area contributed by atoms with Gasteiger partial charge >= 0.3 is 0 Å². The Kier molecular flexibility index (Phi) is 10.2. The van der Waals surface area contributed by atoms with Crippen LogP contribution in [-0.2, 0) is 33.7 Å². The van der Waals surface area contributed by atoms with Gasteiger partial charge in [0.15, 0.2) is 0 Å². The van der Waals surface area contributed by atoms with Crippen molar-refractivity contribution in [3.8, 4) is 22.8 Å². The maximum atomic E-state index is 14.3. The molecule has 0 bridgehead atoms. The highest BCUT2D eigenvalue weighted by Crippen LogP contribution is 2.29. The molecule has 13 heteroatoms. The Hall–Kier alpha value is -4.62. The molecule has 1 fully saturated rings. The van der Waals surface area contributed by atoms with Crippen LogP contribution in [0.1, 0.15) is 70.6 Å². The summed E-state index contributed by atoms with van der Waals surface area (Å²) in [6.45, 7) is 0.910. The first-order valence-corrected chi connectivity index (χ1v) is 18.0. The van der Waals surface area contributed by atoms with Gasteiger partial charge in [0.25, 0.3) is 21.9 Å². The molecule has 3 heterocycles. The van der Waals surface area contributed by atoms with Crippen LogP contribution in [-0.4, -0.2) is 59.9 Å². The van der Waals surface area contributed by atoms with E-state index < -0.39 is 21.8 Å². The summed E-state index contributed by atoms with van der Waals surface area (Å²) in [5.74, 6) is -0.914. The molecule has 2 amide bonds. The number of carbonyl (C=O) groups excluding carboxylic acids is 2. The lowest BCUT2D eigenvalue weighted by Crippen LogP contribution is -2.44. The molecule has 1 aliphatic carbocycles.